The van der Waals surface area contributed by atoms with Gasteiger partial charge in [0.1, 0.15) is 23.9 Å². The number of carbonyl (C=O) groups is 2. The quantitative estimate of drug-likeness (QED) is 0.639. The fourth-order valence-corrected chi connectivity index (χ4v) is 2.47. The minimum absolute atomic E-state index is 0.357. The van der Waals surface area contributed by atoms with Crippen LogP contribution in [0.3, 0.4) is 0 Å². The van der Waals surface area contributed by atoms with Gasteiger partial charge in [0.2, 0.25) is 0 Å². The molecule has 24 heavy (non-hydrogen) atoms. The number of ether oxygens (including phenoxy) is 3. The van der Waals surface area contributed by atoms with Crippen molar-refractivity contribution < 1.29 is 23.8 Å². The zero-order chi connectivity index (χ0) is 17.1. The van der Waals surface area contributed by atoms with Gasteiger partial charge in [0.05, 0.1) is 0 Å². The maximum absolute atomic E-state index is 11.1. The Morgan fingerprint density at radius 2 is 1.67 bits per heavy atom. The molecule has 0 spiro atoms. The number of fused-ring (bicyclic) bond motifs is 1. The van der Waals surface area contributed by atoms with Gasteiger partial charge in [-0.15, -0.1) is 0 Å². The van der Waals surface area contributed by atoms with E-state index in [9.17, 15) is 9.59 Å². The lowest BCUT2D eigenvalue weighted by molar-refractivity contribution is -0.132. The summed E-state index contributed by atoms with van der Waals surface area (Å²) in [6.45, 7) is 3.10. The van der Waals surface area contributed by atoms with Crippen LogP contribution < -0.4 is 14.2 Å². The summed E-state index contributed by atoms with van der Waals surface area (Å²) in [6.07, 6.45) is 2.00. The Labute approximate surface area is 139 Å². The van der Waals surface area contributed by atoms with E-state index in [0.717, 1.165) is 16.7 Å². The standard InChI is InChI=1S/C19H16O5/c1-12(20)23-17-5-3-4-14(9-17)16-8-15-6-7-18(24-13(2)21)10-19(15)22-11-16/h3-10H,11H2,1-2H3. The fourth-order valence-electron chi connectivity index (χ4n) is 2.47. The number of hydrogen-bond donors (Lipinski definition) is 0. The molecule has 2 aromatic carbocycles. The monoisotopic (exact) mass is 324 g/mol. The molecule has 1 aliphatic heterocycles. The Balaban J connectivity index is 1.88. The highest BCUT2D eigenvalue weighted by molar-refractivity contribution is 5.86. The molecule has 122 valence electrons. The van der Waals surface area contributed by atoms with Gasteiger partial charge >= 0.3 is 11.9 Å². The molecule has 0 fully saturated rings. The molecule has 0 amide bonds. The molecule has 5 heteroatoms. The summed E-state index contributed by atoms with van der Waals surface area (Å²) in [4.78, 5) is 22.1. The first-order valence-electron chi connectivity index (χ1n) is 7.46. The van der Waals surface area contributed by atoms with Gasteiger partial charge in [-0.1, -0.05) is 12.1 Å². The van der Waals surface area contributed by atoms with Crippen molar-refractivity contribution in [3.8, 4) is 17.2 Å². The van der Waals surface area contributed by atoms with E-state index in [4.69, 9.17) is 14.2 Å². The summed E-state index contributed by atoms with van der Waals surface area (Å²) in [5, 5.41) is 0. The van der Waals surface area contributed by atoms with Crippen LogP contribution in [0.5, 0.6) is 17.2 Å². The zero-order valence-corrected chi connectivity index (χ0v) is 13.4. The van der Waals surface area contributed by atoms with E-state index in [1.807, 2.05) is 24.3 Å². The number of carbonyl (C=O) groups excluding carboxylic acids is 2. The second-order valence-corrected chi connectivity index (χ2v) is 5.37. The van der Waals surface area contributed by atoms with E-state index in [0.29, 0.717) is 23.9 Å². The highest BCUT2D eigenvalue weighted by atomic mass is 16.5. The van der Waals surface area contributed by atoms with Crippen LogP contribution >= 0.6 is 0 Å². The highest BCUT2D eigenvalue weighted by Crippen LogP contribution is 2.34. The maximum atomic E-state index is 11.1. The summed E-state index contributed by atoms with van der Waals surface area (Å²) >= 11 is 0. The Kier molecular flexibility index (Phi) is 4.33. The van der Waals surface area contributed by atoms with E-state index in [2.05, 4.69) is 0 Å². The molecule has 0 saturated carbocycles. The molecular formula is C19H16O5. The third-order valence-corrected chi connectivity index (χ3v) is 3.43. The molecule has 1 aliphatic rings. The molecule has 0 saturated heterocycles. The third-order valence-electron chi connectivity index (χ3n) is 3.43. The molecule has 0 unspecified atom stereocenters. The lowest BCUT2D eigenvalue weighted by Crippen LogP contribution is -2.08. The van der Waals surface area contributed by atoms with Crippen LogP contribution in [0, 0.1) is 0 Å². The first-order valence-corrected chi connectivity index (χ1v) is 7.46. The molecular weight excluding hydrogens is 308 g/mol. The summed E-state index contributed by atoms with van der Waals surface area (Å²) < 4.78 is 15.9. The molecule has 0 radical (unpaired) electrons. The van der Waals surface area contributed by atoms with Crippen molar-refractivity contribution in [3.63, 3.8) is 0 Å². The topological polar surface area (TPSA) is 61.8 Å². The molecule has 2 aromatic rings. The summed E-state index contributed by atoms with van der Waals surface area (Å²) in [5.74, 6) is 0.883. The minimum Gasteiger partial charge on any atom is -0.488 e. The average molecular weight is 324 g/mol. The van der Waals surface area contributed by atoms with Gasteiger partial charge in [0.25, 0.3) is 0 Å². The Morgan fingerprint density at radius 1 is 0.958 bits per heavy atom. The third kappa shape index (κ3) is 3.63. The predicted octanol–water partition coefficient (Wildman–Crippen LogP) is 3.47. The molecule has 0 aromatic heterocycles. The van der Waals surface area contributed by atoms with E-state index < -0.39 is 0 Å². The average Bonchev–Trinajstić information content (AvgIpc) is 2.53. The van der Waals surface area contributed by atoms with Crippen LogP contribution in [-0.4, -0.2) is 18.5 Å². The van der Waals surface area contributed by atoms with Crippen LogP contribution in [0.15, 0.2) is 42.5 Å². The highest BCUT2D eigenvalue weighted by Gasteiger charge is 2.15. The second kappa shape index (κ2) is 6.58. The normalized spacial score (nSPS) is 12.5. The van der Waals surface area contributed by atoms with Crippen molar-refractivity contribution in [2.45, 2.75) is 13.8 Å². The van der Waals surface area contributed by atoms with Crippen LogP contribution in [0.2, 0.25) is 0 Å². The first-order chi connectivity index (χ1) is 11.5. The molecule has 0 atom stereocenters. The van der Waals surface area contributed by atoms with Crippen molar-refractivity contribution >= 4 is 23.6 Å². The van der Waals surface area contributed by atoms with Crippen LogP contribution in [0.25, 0.3) is 11.6 Å². The van der Waals surface area contributed by atoms with Gasteiger partial charge in [0.15, 0.2) is 0 Å². The van der Waals surface area contributed by atoms with Crippen molar-refractivity contribution in [3.05, 3.63) is 53.6 Å². The predicted molar refractivity (Wildman–Crippen MR) is 88.9 cm³/mol. The lowest BCUT2D eigenvalue weighted by Gasteiger charge is -2.19. The number of benzene rings is 2. The van der Waals surface area contributed by atoms with Gasteiger partial charge in [-0.25, -0.2) is 0 Å². The van der Waals surface area contributed by atoms with Gasteiger partial charge in [-0.05, 0) is 41.5 Å². The molecule has 3 rings (SSSR count). The van der Waals surface area contributed by atoms with Crippen molar-refractivity contribution in [1.82, 2.24) is 0 Å². The van der Waals surface area contributed by atoms with E-state index in [1.54, 1.807) is 24.3 Å². The molecule has 0 aliphatic carbocycles. The number of rotatable bonds is 3. The zero-order valence-electron chi connectivity index (χ0n) is 13.4. The summed E-state index contributed by atoms with van der Waals surface area (Å²) in [7, 11) is 0. The van der Waals surface area contributed by atoms with E-state index >= 15 is 0 Å². The Hall–Kier alpha value is -3.08. The second-order valence-electron chi connectivity index (χ2n) is 5.37. The van der Waals surface area contributed by atoms with Crippen molar-refractivity contribution in [2.75, 3.05) is 6.61 Å². The molecule has 5 nitrogen and oxygen atoms in total. The van der Waals surface area contributed by atoms with Gasteiger partial charge in [-0.2, -0.15) is 0 Å². The maximum Gasteiger partial charge on any atom is 0.308 e. The minimum atomic E-state index is -0.371. The smallest absolute Gasteiger partial charge is 0.308 e. The van der Waals surface area contributed by atoms with Crippen LogP contribution in [-0.2, 0) is 9.59 Å². The number of esters is 2. The largest absolute Gasteiger partial charge is 0.488 e. The molecule has 0 N–H and O–H groups in total. The fraction of sp³-hybridized carbons (Fsp3) is 0.158. The van der Waals surface area contributed by atoms with Crippen molar-refractivity contribution in [2.24, 2.45) is 0 Å². The first kappa shape index (κ1) is 15.8. The molecule has 0 bridgehead atoms. The Bertz CT molecular complexity index is 835. The van der Waals surface area contributed by atoms with Gasteiger partial charge in [0, 0.05) is 25.5 Å². The molecule has 1 heterocycles. The van der Waals surface area contributed by atoms with Gasteiger partial charge < -0.3 is 14.2 Å². The number of hydrogen-bond acceptors (Lipinski definition) is 5. The lowest BCUT2D eigenvalue weighted by atomic mass is 10.0. The van der Waals surface area contributed by atoms with E-state index in [1.165, 1.54) is 13.8 Å². The SMILES string of the molecule is CC(=O)Oc1cccc(C2=Cc3ccc(OC(C)=O)cc3OC2)c1. The van der Waals surface area contributed by atoms with Gasteiger partial charge in [-0.3, -0.25) is 9.59 Å². The Morgan fingerprint density at radius 3 is 2.38 bits per heavy atom. The van der Waals surface area contributed by atoms with Crippen LogP contribution in [0.1, 0.15) is 25.0 Å². The summed E-state index contributed by atoms with van der Waals surface area (Å²) in [6, 6.07) is 12.5. The van der Waals surface area contributed by atoms with Crippen LogP contribution in [0.4, 0.5) is 0 Å². The summed E-state index contributed by atoms with van der Waals surface area (Å²) in [5.41, 5.74) is 2.78. The van der Waals surface area contributed by atoms with Crippen molar-refractivity contribution in [1.29, 1.82) is 0 Å². The van der Waals surface area contributed by atoms with E-state index in [-0.39, 0.29) is 11.9 Å².